The number of sulfone groups is 1. The van der Waals surface area contributed by atoms with Gasteiger partial charge in [0.25, 0.3) is 0 Å². The minimum absolute atomic E-state index is 0.0868. The topological polar surface area (TPSA) is 66.8 Å². The van der Waals surface area contributed by atoms with Crippen LogP contribution in [0.5, 0.6) is 0 Å². The highest BCUT2D eigenvalue weighted by Gasteiger charge is 2.49. The summed E-state index contributed by atoms with van der Waals surface area (Å²) in [6.45, 7) is 3.94. The minimum Gasteiger partial charge on any atom is -0.316 e. The first-order valence-electron chi connectivity index (χ1n) is 7.78. The number of carbonyl (C=O) groups is 1. The van der Waals surface area contributed by atoms with Crippen molar-refractivity contribution >= 4 is 50.0 Å². The quantitative estimate of drug-likeness (QED) is 0.798. The number of carbonyl (C=O) groups excluding carboxylic acids is 1. The third kappa shape index (κ3) is 3.78. The Labute approximate surface area is 151 Å². The molecule has 2 aliphatic heterocycles. The predicted molar refractivity (Wildman–Crippen MR) is 99.6 cm³/mol. The second-order valence-corrected chi connectivity index (χ2v) is 10.3. The van der Waals surface area contributed by atoms with E-state index in [1.165, 1.54) is 11.8 Å². The Morgan fingerprint density at radius 2 is 2.00 bits per heavy atom. The number of amidine groups is 1. The van der Waals surface area contributed by atoms with Gasteiger partial charge in [0, 0.05) is 22.4 Å². The summed E-state index contributed by atoms with van der Waals surface area (Å²) >= 11 is 7.34. The second-order valence-electron chi connectivity index (χ2n) is 6.53. The molecule has 130 valence electrons. The van der Waals surface area contributed by atoms with Gasteiger partial charge in [-0.2, -0.15) is 4.99 Å². The van der Waals surface area contributed by atoms with E-state index in [0.29, 0.717) is 16.6 Å². The lowest BCUT2D eigenvalue weighted by atomic mass is 10.1. The number of rotatable bonds is 3. The molecule has 2 fully saturated rings. The number of anilines is 1. The highest BCUT2D eigenvalue weighted by Crippen LogP contribution is 2.41. The van der Waals surface area contributed by atoms with Crippen molar-refractivity contribution in [3.8, 4) is 0 Å². The number of aliphatic imine (C=N–C) groups is 1. The zero-order valence-corrected chi connectivity index (χ0v) is 15.9. The van der Waals surface area contributed by atoms with Crippen molar-refractivity contribution in [1.82, 2.24) is 0 Å². The van der Waals surface area contributed by atoms with Gasteiger partial charge in [0.05, 0.1) is 17.5 Å². The van der Waals surface area contributed by atoms with Crippen LogP contribution in [0.4, 0.5) is 5.69 Å². The van der Waals surface area contributed by atoms with Crippen LogP contribution in [0.25, 0.3) is 0 Å². The summed E-state index contributed by atoms with van der Waals surface area (Å²) in [7, 11) is -3.05. The fourth-order valence-corrected chi connectivity index (χ4v) is 7.03. The second kappa shape index (κ2) is 6.69. The molecule has 2 atom stereocenters. The molecule has 2 saturated heterocycles. The van der Waals surface area contributed by atoms with Crippen LogP contribution in [-0.2, 0) is 14.6 Å². The van der Waals surface area contributed by atoms with Crippen LogP contribution in [-0.4, -0.2) is 42.3 Å². The number of halogens is 1. The van der Waals surface area contributed by atoms with Gasteiger partial charge in [-0.25, -0.2) is 8.42 Å². The third-order valence-electron chi connectivity index (χ3n) is 3.97. The Hall–Kier alpha value is -1.05. The van der Waals surface area contributed by atoms with Crippen LogP contribution in [0.3, 0.4) is 0 Å². The zero-order valence-electron chi connectivity index (χ0n) is 13.5. The predicted octanol–water partition coefficient (Wildman–Crippen LogP) is 2.99. The van der Waals surface area contributed by atoms with E-state index in [2.05, 4.69) is 4.99 Å². The lowest BCUT2D eigenvalue weighted by Gasteiger charge is -2.24. The summed E-state index contributed by atoms with van der Waals surface area (Å²) in [4.78, 5) is 18.3. The van der Waals surface area contributed by atoms with E-state index in [4.69, 9.17) is 11.6 Å². The molecule has 0 aromatic heterocycles. The first-order valence-corrected chi connectivity index (χ1v) is 10.9. The van der Waals surface area contributed by atoms with Crippen LogP contribution in [0.2, 0.25) is 5.02 Å². The van der Waals surface area contributed by atoms with Gasteiger partial charge in [-0.1, -0.05) is 37.2 Å². The minimum atomic E-state index is -3.05. The number of nitrogens with zero attached hydrogens (tertiary/aromatic N) is 2. The molecule has 2 heterocycles. The van der Waals surface area contributed by atoms with Crippen molar-refractivity contribution in [2.45, 2.75) is 31.6 Å². The van der Waals surface area contributed by atoms with Crippen molar-refractivity contribution < 1.29 is 13.2 Å². The molecule has 8 heteroatoms. The maximum Gasteiger partial charge on any atom is 0.248 e. The van der Waals surface area contributed by atoms with Crippen molar-refractivity contribution in [2.24, 2.45) is 10.9 Å². The maximum atomic E-state index is 12.1. The zero-order chi connectivity index (χ0) is 17.5. The Morgan fingerprint density at radius 3 is 2.62 bits per heavy atom. The summed E-state index contributed by atoms with van der Waals surface area (Å²) in [6.07, 6.45) is 0.381. The lowest BCUT2D eigenvalue weighted by Crippen LogP contribution is -2.37. The summed E-state index contributed by atoms with van der Waals surface area (Å²) in [5.74, 6) is 0.278. The Balaban J connectivity index is 1.95. The molecule has 0 radical (unpaired) electrons. The van der Waals surface area contributed by atoms with Gasteiger partial charge in [-0.3, -0.25) is 4.79 Å². The van der Waals surface area contributed by atoms with E-state index in [-0.39, 0.29) is 34.6 Å². The monoisotopic (exact) mass is 386 g/mol. The summed E-state index contributed by atoms with van der Waals surface area (Å²) in [6, 6.07) is 6.99. The number of amides is 1. The molecule has 1 aromatic rings. The molecule has 0 saturated carbocycles. The molecule has 24 heavy (non-hydrogen) atoms. The molecule has 1 amide bonds. The van der Waals surface area contributed by atoms with Crippen molar-refractivity contribution in [2.75, 3.05) is 16.4 Å². The van der Waals surface area contributed by atoms with E-state index in [0.717, 1.165) is 5.69 Å². The molecule has 0 bridgehead atoms. The fourth-order valence-electron chi connectivity index (χ4n) is 2.97. The number of fused-ring (bicyclic) bond motifs is 1. The molecule has 0 unspecified atom stereocenters. The first kappa shape index (κ1) is 17.8. The summed E-state index contributed by atoms with van der Waals surface area (Å²) in [5.41, 5.74) is 0.813. The number of hydrogen-bond donors (Lipinski definition) is 0. The molecule has 0 spiro atoms. The van der Waals surface area contributed by atoms with Crippen LogP contribution in [0.1, 0.15) is 20.3 Å². The third-order valence-corrected chi connectivity index (χ3v) is 7.44. The van der Waals surface area contributed by atoms with E-state index >= 15 is 0 Å². The van der Waals surface area contributed by atoms with Gasteiger partial charge < -0.3 is 4.90 Å². The molecule has 1 aromatic carbocycles. The molecule has 0 aliphatic carbocycles. The van der Waals surface area contributed by atoms with Crippen molar-refractivity contribution in [1.29, 1.82) is 0 Å². The molecule has 0 N–H and O–H groups in total. The van der Waals surface area contributed by atoms with Crippen LogP contribution in [0, 0.1) is 5.92 Å². The maximum absolute atomic E-state index is 12.1. The number of benzene rings is 1. The molecule has 2 aliphatic rings. The standard InChI is InChI=1S/C16H19ClN2O3S2/c1-10(2)7-15(20)18-16-19(12-5-3-11(17)4-6-12)13-8-24(21,22)9-14(13)23-16/h3-6,10,13-14H,7-9H2,1-2H3/t13-,14-/m0/s1. The normalized spacial score (nSPS) is 27.0. The summed E-state index contributed by atoms with van der Waals surface area (Å²) in [5, 5.41) is 1.11. The largest absolute Gasteiger partial charge is 0.316 e. The Morgan fingerprint density at radius 1 is 1.33 bits per heavy atom. The fraction of sp³-hybridized carbons (Fsp3) is 0.500. The summed E-state index contributed by atoms with van der Waals surface area (Å²) < 4.78 is 24.0. The van der Waals surface area contributed by atoms with Gasteiger partial charge in [0.1, 0.15) is 0 Å². The van der Waals surface area contributed by atoms with E-state index in [1.54, 1.807) is 12.1 Å². The van der Waals surface area contributed by atoms with Crippen LogP contribution in [0.15, 0.2) is 29.3 Å². The van der Waals surface area contributed by atoms with E-state index in [1.807, 2.05) is 30.9 Å². The van der Waals surface area contributed by atoms with Crippen molar-refractivity contribution in [3.63, 3.8) is 0 Å². The molecule has 3 rings (SSSR count). The lowest BCUT2D eigenvalue weighted by molar-refractivity contribution is -0.118. The Bertz CT molecular complexity index is 775. The van der Waals surface area contributed by atoms with Gasteiger partial charge in [-0.05, 0) is 30.2 Å². The molecular formula is C16H19ClN2O3S2. The number of thioether (sulfide) groups is 1. The van der Waals surface area contributed by atoms with E-state index in [9.17, 15) is 13.2 Å². The van der Waals surface area contributed by atoms with Gasteiger partial charge in [-0.15, -0.1) is 0 Å². The van der Waals surface area contributed by atoms with Gasteiger partial charge in [0.15, 0.2) is 15.0 Å². The molecular weight excluding hydrogens is 368 g/mol. The molecule has 5 nitrogen and oxygen atoms in total. The SMILES string of the molecule is CC(C)CC(=O)N=C1S[C@H]2CS(=O)(=O)C[C@@H]2N1c1ccc(Cl)cc1. The first-order chi connectivity index (χ1) is 11.2. The van der Waals surface area contributed by atoms with Crippen LogP contribution >= 0.6 is 23.4 Å². The Kier molecular flexibility index (Phi) is 4.95. The van der Waals surface area contributed by atoms with Gasteiger partial charge in [0.2, 0.25) is 5.91 Å². The highest BCUT2D eigenvalue weighted by molar-refractivity contribution is 8.16. The van der Waals surface area contributed by atoms with Gasteiger partial charge >= 0.3 is 0 Å². The van der Waals surface area contributed by atoms with Crippen LogP contribution < -0.4 is 4.90 Å². The smallest absolute Gasteiger partial charge is 0.248 e. The van der Waals surface area contributed by atoms with E-state index < -0.39 is 9.84 Å². The average molecular weight is 387 g/mol. The average Bonchev–Trinajstić information content (AvgIpc) is 2.90. The van der Waals surface area contributed by atoms with Crippen molar-refractivity contribution in [3.05, 3.63) is 29.3 Å². The number of hydrogen-bond acceptors (Lipinski definition) is 4. The highest BCUT2D eigenvalue weighted by atomic mass is 35.5.